The van der Waals surface area contributed by atoms with E-state index >= 15 is 0 Å². The SMILES string of the molecule is Cc1ccc(N2C[C@H](C(=O)Oc3ccc(N4C(=O)[C@@H]5CCCC[C@H]5C4=O)c(C)c3)CC2=O)cc1. The van der Waals surface area contributed by atoms with Crippen molar-refractivity contribution in [3.63, 3.8) is 0 Å². The highest BCUT2D eigenvalue weighted by Gasteiger charge is 2.49. The van der Waals surface area contributed by atoms with E-state index in [0.29, 0.717) is 17.0 Å². The Labute approximate surface area is 198 Å². The first kappa shape index (κ1) is 22.3. The molecule has 176 valence electrons. The van der Waals surface area contributed by atoms with Gasteiger partial charge in [0.05, 0.1) is 23.4 Å². The zero-order valence-electron chi connectivity index (χ0n) is 19.5. The molecule has 0 N–H and O–H groups in total. The molecule has 3 aliphatic rings. The molecule has 3 atom stereocenters. The number of imide groups is 1. The number of esters is 1. The van der Waals surface area contributed by atoms with Gasteiger partial charge in [-0.05, 0) is 62.6 Å². The van der Waals surface area contributed by atoms with Crippen LogP contribution in [-0.2, 0) is 19.2 Å². The molecular weight excluding hydrogens is 432 g/mol. The Kier molecular flexibility index (Phi) is 5.71. The molecule has 2 aromatic rings. The second-order valence-electron chi connectivity index (χ2n) is 9.62. The first-order valence-corrected chi connectivity index (χ1v) is 11.9. The van der Waals surface area contributed by atoms with Gasteiger partial charge in [0.2, 0.25) is 17.7 Å². The molecular formula is C27H28N2O5. The number of aryl methyl sites for hydroxylation is 2. The molecule has 1 saturated carbocycles. The molecule has 2 aliphatic heterocycles. The van der Waals surface area contributed by atoms with E-state index in [-0.39, 0.29) is 42.5 Å². The zero-order valence-corrected chi connectivity index (χ0v) is 19.5. The summed E-state index contributed by atoms with van der Waals surface area (Å²) in [6, 6.07) is 12.6. The van der Waals surface area contributed by atoms with Gasteiger partial charge in [-0.25, -0.2) is 4.90 Å². The zero-order chi connectivity index (χ0) is 24.0. The van der Waals surface area contributed by atoms with Crippen molar-refractivity contribution in [3.8, 4) is 5.75 Å². The van der Waals surface area contributed by atoms with E-state index in [9.17, 15) is 19.2 Å². The first-order valence-electron chi connectivity index (χ1n) is 11.9. The highest BCUT2D eigenvalue weighted by Crippen LogP contribution is 2.41. The van der Waals surface area contributed by atoms with E-state index in [1.54, 1.807) is 30.0 Å². The van der Waals surface area contributed by atoms with Crippen LogP contribution < -0.4 is 14.5 Å². The molecule has 5 rings (SSSR count). The summed E-state index contributed by atoms with van der Waals surface area (Å²) in [5.41, 5.74) is 3.10. The van der Waals surface area contributed by atoms with Crippen LogP contribution in [0.25, 0.3) is 0 Å². The summed E-state index contributed by atoms with van der Waals surface area (Å²) in [4.78, 5) is 54.1. The predicted molar refractivity (Wildman–Crippen MR) is 126 cm³/mol. The van der Waals surface area contributed by atoms with Crippen molar-refractivity contribution in [1.29, 1.82) is 0 Å². The fraction of sp³-hybridized carbons (Fsp3) is 0.407. The third-order valence-electron chi connectivity index (χ3n) is 7.27. The first-order chi connectivity index (χ1) is 16.3. The normalized spacial score (nSPS) is 24.5. The lowest BCUT2D eigenvalue weighted by atomic mass is 9.81. The molecule has 3 fully saturated rings. The third-order valence-corrected chi connectivity index (χ3v) is 7.27. The monoisotopic (exact) mass is 460 g/mol. The molecule has 1 aliphatic carbocycles. The fourth-order valence-corrected chi connectivity index (χ4v) is 5.38. The number of benzene rings is 2. The molecule has 2 saturated heterocycles. The Bertz CT molecular complexity index is 1150. The summed E-state index contributed by atoms with van der Waals surface area (Å²) in [7, 11) is 0. The Morgan fingerprint density at radius 1 is 0.912 bits per heavy atom. The number of ether oxygens (including phenoxy) is 1. The van der Waals surface area contributed by atoms with Crippen LogP contribution >= 0.6 is 0 Å². The number of hydrogen-bond donors (Lipinski definition) is 0. The Morgan fingerprint density at radius 3 is 2.18 bits per heavy atom. The summed E-state index contributed by atoms with van der Waals surface area (Å²) in [5, 5.41) is 0. The molecule has 3 amide bonds. The second kappa shape index (κ2) is 8.70. The van der Waals surface area contributed by atoms with Gasteiger partial charge in [-0.3, -0.25) is 19.2 Å². The van der Waals surface area contributed by atoms with Crippen LogP contribution in [-0.4, -0.2) is 30.2 Å². The van der Waals surface area contributed by atoms with Gasteiger partial charge in [-0.15, -0.1) is 0 Å². The summed E-state index contributed by atoms with van der Waals surface area (Å²) in [6.07, 6.45) is 3.59. The van der Waals surface area contributed by atoms with Gasteiger partial charge in [0.25, 0.3) is 0 Å². The van der Waals surface area contributed by atoms with Crippen LogP contribution in [0.3, 0.4) is 0 Å². The van der Waals surface area contributed by atoms with Crippen molar-refractivity contribution < 1.29 is 23.9 Å². The Balaban J connectivity index is 1.28. The molecule has 0 bridgehead atoms. The fourth-order valence-electron chi connectivity index (χ4n) is 5.38. The van der Waals surface area contributed by atoms with Crippen molar-refractivity contribution in [2.75, 3.05) is 16.3 Å². The van der Waals surface area contributed by atoms with Crippen molar-refractivity contribution in [2.45, 2.75) is 46.0 Å². The summed E-state index contributed by atoms with van der Waals surface area (Å²) in [6.45, 7) is 4.05. The van der Waals surface area contributed by atoms with Crippen molar-refractivity contribution in [3.05, 3.63) is 53.6 Å². The Hall–Kier alpha value is -3.48. The van der Waals surface area contributed by atoms with E-state index in [1.807, 2.05) is 31.2 Å². The maximum absolute atomic E-state index is 12.9. The minimum Gasteiger partial charge on any atom is -0.426 e. The standard InChI is InChI=1S/C27H28N2O5/c1-16-7-9-19(10-8-16)28-15-18(14-24(28)30)27(33)34-20-11-12-23(17(2)13-20)29-25(31)21-5-3-4-6-22(21)26(29)32/h7-13,18,21-22H,3-6,14-15H2,1-2H3/t18-,21-,22-/m1/s1. The molecule has 7 heteroatoms. The van der Waals surface area contributed by atoms with Gasteiger partial charge in [0.15, 0.2) is 0 Å². The second-order valence-corrected chi connectivity index (χ2v) is 9.62. The van der Waals surface area contributed by atoms with Crippen molar-refractivity contribution in [1.82, 2.24) is 0 Å². The average Bonchev–Trinajstić information content (AvgIpc) is 3.33. The maximum atomic E-state index is 12.9. The number of carbonyl (C=O) groups is 4. The van der Waals surface area contributed by atoms with Crippen molar-refractivity contribution in [2.24, 2.45) is 17.8 Å². The quantitative estimate of drug-likeness (QED) is 0.392. The van der Waals surface area contributed by atoms with E-state index in [0.717, 1.165) is 36.9 Å². The largest absolute Gasteiger partial charge is 0.426 e. The van der Waals surface area contributed by atoms with E-state index in [1.165, 1.54) is 4.90 Å². The summed E-state index contributed by atoms with van der Waals surface area (Å²) in [5.74, 6) is -1.46. The number of hydrogen-bond acceptors (Lipinski definition) is 5. The van der Waals surface area contributed by atoms with Gasteiger partial charge in [-0.2, -0.15) is 0 Å². The van der Waals surface area contributed by atoms with Crippen LogP contribution in [0.15, 0.2) is 42.5 Å². The molecule has 2 aromatic carbocycles. The smallest absolute Gasteiger partial charge is 0.316 e. The molecule has 2 heterocycles. The topological polar surface area (TPSA) is 84.0 Å². The van der Waals surface area contributed by atoms with Gasteiger partial charge >= 0.3 is 5.97 Å². The van der Waals surface area contributed by atoms with Crippen LogP contribution in [0.2, 0.25) is 0 Å². The molecule has 0 spiro atoms. The van der Waals surface area contributed by atoms with E-state index < -0.39 is 11.9 Å². The molecule has 0 unspecified atom stereocenters. The number of rotatable bonds is 4. The van der Waals surface area contributed by atoms with Gasteiger partial charge in [0, 0.05) is 18.7 Å². The lowest BCUT2D eigenvalue weighted by Crippen LogP contribution is -2.31. The van der Waals surface area contributed by atoms with Crippen LogP contribution in [0.1, 0.15) is 43.2 Å². The lowest BCUT2D eigenvalue weighted by molar-refractivity contribution is -0.139. The highest BCUT2D eigenvalue weighted by molar-refractivity contribution is 6.22. The number of amides is 3. The van der Waals surface area contributed by atoms with Gasteiger partial charge in [-0.1, -0.05) is 30.5 Å². The number of anilines is 2. The van der Waals surface area contributed by atoms with Gasteiger partial charge in [0.1, 0.15) is 5.75 Å². The lowest BCUT2D eigenvalue weighted by Gasteiger charge is -2.19. The minimum absolute atomic E-state index is 0.101. The van der Waals surface area contributed by atoms with Gasteiger partial charge < -0.3 is 9.64 Å². The molecule has 34 heavy (non-hydrogen) atoms. The predicted octanol–water partition coefficient (Wildman–Crippen LogP) is 3.94. The third kappa shape index (κ3) is 3.89. The Morgan fingerprint density at radius 2 is 1.56 bits per heavy atom. The minimum atomic E-state index is -0.557. The summed E-state index contributed by atoms with van der Waals surface area (Å²) < 4.78 is 5.59. The summed E-state index contributed by atoms with van der Waals surface area (Å²) >= 11 is 0. The highest BCUT2D eigenvalue weighted by atomic mass is 16.5. The van der Waals surface area contributed by atoms with Crippen LogP contribution in [0.4, 0.5) is 11.4 Å². The van der Waals surface area contributed by atoms with Crippen LogP contribution in [0, 0.1) is 31.6 Å². The maximum Gasteiger partial charge on any atom is 0.316 e. The molecule has 7 nitrogen and oxygen atoms in total. The number of carbonyl (C=O) groups excluding carboxylic acids is 4. The van der Waals surface area contributed by atoms with E-state index in [4.69, 9.17) is 4.74 Å². The van der Waals surface area contributed by atoms with Crippen LogP contribution in [0.5, 0.6) is 5.75 Å². The van der Waals surface area contributed by atoms with Crippen molar-refractivity contribution >= 4 is 35.1 Å². The average molecular weight is 461 g/mol. The number of nitrogens with zero attached hydrogens (tertiary/aromatic N) is 2. The number of fused-ring (bicyclic) bond motifs is 1. The molecule has 0 aromatic heterocycles. The molecule has 0 radical (unpaired) electrons. The van der Waals surface area contributed by atoms with E-state index in [2.05, 4.69) is 0 Å².